The monoisotopic (exact) mass is 279 g/mol. The molecule has 0 saturated heterocycles. The average Bonchev–Trinajstić information content (AvgIpc) is 2.26. The molecule has 0 fully saturated rings. The van der Waals surface area contributed by atoms with Crippen molar-refractivity contribution in [1.29, 1.82) is 0 Å². The largest absolute Gasteiger partial charge is 0.350 e. The van der Waals surface area contributed by atoms with Crippen LogP contribution in [0.25, 0.3) is 0 Å². The quantitative estimate of drug-likeness (QED) is 0.654. The van der Waals surface area contributed by atoms with Crippen molar-refractivity contribution >= 4 is 21.8 Å². The summed E-state index contributed by atoms with van der Waals surface area (Å²) in [6.07, 6.45) is 0. The smallest absolute Gasteiger partial charge is 0.251 e. The van der Waals surface area contributed by atoms with Gasteiger partial charge in [-0.05, 0) is 32.0 Å². The summed E-state index contributed by atoms with van der Waals surface area (Å²) in [5, 5.41) is 3.48. The topological polar surface area (TPSA) is 29.1 Å². The van der Waals surface area contributed by atoms with Crippen LogP contribution in [-0.2, 0) is 0 Å². The van der Waals surface area contributed by atoms with Crippen LogP contribution >= 0.6 is 15.9 Å². The molecule has 0 spiro atoms. The molecular weight excluding hydrogens is 266 g/mol. The van der Waals surface area contributed by atoms with Gasteiger partial charge in [-0.3, -0.25) is 4.79 Å². The highest BCUT2D eigenvalue weighted by atomic mass is 79.9. The van der Waals surface area contributed by atoms with Crippen molar-refractivity contribution in [2.24, 2.45) is 0 Å². The lowest BCUT2D eigenvalue weighted by Gasteiger charge is -2.08. The zero-order valence-electron chi connectivity index (χ0n) is 9.38. The molecule has 3 heteroatoms. The summed E-state index contributed by atoms with van der Waals surface area (Å²) in [5.74, 6) is 5.81. The van der Waals surface area contributed by atoms with Gasteiger partial charge in [-0.2, -0.15) is 0 Å². The van der Waals surface area contributed by atoms with E-state index in [0.29, 0.717) is 10.9 Å². The summed E-state index contributed by atoms with van der Waals surface area (Å²) in [4.78, 5) is 11.7. The molecule has 1 aromatic rings. The second-order valence-electron chi connectivity index (χ2n) is 3.64. The lowest BCUT2D eigenvalue weighted by molar-refractivity contribution is 0.0943. The van der Waals surface area contributed by atoms with E-state index in [4.69, 9.17) is 0 Å². The van der Waals surface area contributed by atoms with E-state index in [1.807, 2.05) is 26.0 Å². The summed E-state index contributed by atoms with van der Waals surface area (Å²) in [6.45, 7) is 3.87. The standard InChI is InChI=1S/C13H14BrNO/c1-10(2)15-13(16)12-7-3-5-11(9-12)6-4-8-14/h3,5,7,9-10H,8H2,1-2H3,(H,15,16). The number of halogens is 1. The number of benzene rings is 1. The summed E-state index contributed by atoms with van der Waals surface area (Å²) in [6, 6.07) is 7.46. The van der Waals surface area contributed by atoms with Gasteiger partial charge in [0.15, 0.2) is 0 Å². The van der Waals surface area contributed by atoms with E-state index in [0.717, 1.165) is 5.56 Å². The zero-order chi connectivity index (χ0) is 12.0. The van der Waals surface area contributed by atoms with Crippen LogP contribution in [0.15, 0.2) is 24.3 Å². The van der Waals surface area contributed by atoms with E-state index in [1.54, 1.807) is 12.1 Å². The number of rotatable bonds is 2. The van der Waals surface area contributed by atoms with E-state index in [2.05, 4.69) is 33.1 Å². The average molecular weight is 280 g/mol. The Hall–Kier alpha value is -1.27. The Labute approximate surface area is 105 Å². The Morgan fingerprint density at radius 1 is 1.50 bits per heavy atom. The minimum absolute atomic E-state index is 0.0579. The van der Waals surface area contributed by atoms with Gasteiger partial charge in [0.2, 0.25) is 0 Å². The van der Waals surface area contributed by atoms with E-state index in [1.165, 1.54) is 0 Å². The zero-order valence-corrected chi connectivity index (χ0v) is 11.0. The Morgan fingerprint density at radius 3 is 2.88 bits per heavy atom. The molecule has 0 heterocycles. The third kappa shape index (κ3) is 4.08. The van der Waals surface area contributed by atoms with Crippen molar-refractivity contribution in [2.75, 3.05) is 5.33 Å². The SMILES string of the molecule is CC(C)NC(=O)c1cccc(C#CCBr)c1. The fourth-order valence-corrected chi connectivity index (χ4v) is 1.36. The predicted molar refractivity (Wildman–Crippen MR) is 69.7 cm³/mol. The number of amides is 1. The van der Waals surface area contributed by atoms with Gasteiger partial charge in [-0.15, -0.1) is 0 Å². The maximum Gasteiger partial charge on any atom is 0.251 e. The first kappa shape index (κ1) is 12.8. The van der Waals surface area contributed by atoms with Crippen molar-refractivity contribution in [2.45, 2.75) is 19.9 Å². The first-order valence-corrected chi connectivity index (χ1v) is 6.21. The number of hydrogen-bond donors (Lipinski definition) is 1. The van der Waals surface area contributed by atoms with Crippen LogP contribution in [0.2, 0.25) is 0 Å². The maximum atomic E-state index is 11.7. The normalized spacial score (nSPS) is 9.50. The van der Waals surface area contributed by atoms with Crippen molar-refractivity contribution in [3.05, 3.63) is 35.4 Å². The molecule has 1 N–H and O–H groups in total. The Morgan fingerprint density at radius 2 is 2.25 bits per heavy atom. The molecule has 0 saturated carbocycles. The van der Waals surface area contributed by atoms with Gasteiger partial charge >= 0.3 is 0 Å². The summed E-state index contributed by atoms with van der Waals surface area (Å²) in [5.41, 5.74) is 1.51. The van der Waals surface area contributed by atoms with Gasteiger partial charge in [0, 0.05) is 17.2 Å². The predicted octanol–water partition coefficient (Wildman–Crippen LogP) is 2.57. The Kier molecular flexibility index (Phi) is 5.07. The maximum absolute atomic E-state index is 11.7. The van der Waals surface area contributed by atoms with Crippen LogP contribution in [0.4, 0.5) is 0 Å². The van der Waals surface area contributed by atoms with Crippen LogP contribution in [0.1, 0.15) is 29.8 Å². The first-order valence-electron chi connectivity index (χ1n) is 5.09. The summed E-state index contributed by atoms with van der Waals surface area (Å²) < 4.78 is 0. The van der Waals surface area contributed by atoms with Gasteiger partial charge in [-0.25, -0.2) is 0 Å². The van der Waals surface area contributed by atoms with Crippen LogP contribution in [-0.4, -0.2) is 17.3 Å². The Bertz CT molecular complexity index is 429. The highest BCUT2D eigenvalue weighted by Gasteiger charge is 2.06. The fourth-order valence-electron chi connectivity index (χ4n) is 1.22. The molecule has 0 aliphatic rings. The van der Waals surface area contributed by atoms with Crippen molar-refractivity contribution in [3.63, 3.8) is 0 Å². The molecular formula is C13H14BrNO. The minimum Gasteiger partial charge on any atom is -0.350 e. The van der Waals surface area contributed by atoms with Crippen molar-refractivity contribution in [1.82, 2.24) is 5.32 Å². The van der Waals surface area contributed by atoms with Gasteiger partial charge < -0.3 is 5.32 Å². The van der Waals surface area contributed by atoms with Crippen molar-refractivity contribution < 1.29 is 4.79 Å². The highest BCUT2D eigenvalue weighted by Crippen LogP contribution is 2.04. The van der Waals surface area contributed by atoms with Crippen LogP contribution < -0.4 is 5.32 Å². The highest BCUT2D eigenvalue weighted by molar-refractivity contribution is 9.09. The molecule has 0 aliphatic heterocycles. The van der Waals surface area contributed by atoms with Crippen LogP contribution in [0.3, 0.4) is 0 Å². The van der Waals surface area contributed by atoms with Gasteiger partial charge in [0.05, 0.1) is 5.33 Å². The lowest BCUT2D eigenvalue weighted by Crippen LogP contribution is -2.30. The second kappa shape index (κ2) is 6.34. The van der Waals surface area contributed by atoms with Crippen LogP contribution in [0, 0.1) is 11.8 Å². The Balaban J connectivity index is 2.85. The van der Waals surface area contributed by atoms with Gasteiger partial charge in [0.25, 0.3) is 5.91 Å². The third-order valence-electron chi connectivity index (χ3n) is 1.84. The number of nitrogens with one attached hydrogen (secondary N) is 1. The van der Waals surface area contributed by atoms with Crippen molar-refractivity contribution in [3.8, 4) is 11.8 Å². The van der Waals surface area contributed by atoms with Gasteiger partial charge in [-0.1, -0.05) is 33.8 Å². The molecule has 0 bridgehead atoms. The third-order valence-corrected chi connectivity index (χ3v) is 2.12. The fraction of sp³-hybridized carbons (Fsp3) is 0.308. The molecule has 16 heavy (non-hydrogen) atoms. The molecule has 0 aromatic heterocycles. The number of alkyl halides is 1. The molecule has 0 aliphatic carbocycles. The first-order chi connectivity index (χ1) is 7.63. The summed E-state index contributed by atoms with van der Waals surface area (Å²) >= 11 is 3.23. The van der Waals surface area contributed by atoms with E-state index >= 15 is 0 Å². The van der Waals surface area contributed by atoms with Crippen LogP contribution in [0.5, 0.6) is 0 Å². The second-order valence-corrected chi connectivity index (χ2v) is 4.21. The number of carbonyl (C=O) groups is 1. The minimum atomic E-state index is -0.0579. The van der Waals surface area contributed by atoms with E-state index in [9.17, 15) is 4.79 Å². The molecule has 0 unspecified atom stereocenters. The molecule has 84 valence electrons. The van der Waals surface area contributed by atoms with E-state index < -0.39 is 0 Å². The molecule has 2 nitrogen and oxygen atoms in total. The molecule has 1 amide bonds. The van der Waals surface area contributed by atoms with E-state index in [-0.39, 0.29) is 11.9 Å². The number of hydrogen-bond acceptors (Lipinski definition) is 1. The molecule has 0 atom stereocenters. The molecule has 1 rings (SSSR count). The van der Waals surface area contributed by atoms with Gasteiger partial charge in [0.1, 0.15) is 0 Å². The lowest BCUT2D eigenvalue weighted by atomic mass is 10.1. The number of carbonyl (C=O) groups excluding carboxylic acids is 1. The molecule has 1 aromatic carbocycles. The summed E-state index contributed by atoms with van der Waals surface area (Å²) in [7, 11) is 0. The molecule has 0 radical (unpaired) electrons.